The van der Waals surface area contributed by atoms with E-state index in [2.05, 4.69) is 6.08 Å². The lowest BCUT2D eigenvalue weighted by Crippen LogP contribution is -2.25. The molecule has 1 saturated carbocycles. The molecule has 2 aliphatic carbocycles. The molecule has 4 nitrogen and oxygen atoms in total. The number of hydrogen-bond donors (Lipinski definition) is 2. The highest BCUT2D eigenvalue weighted by Crippen LogP contribution is 2.53. The van der Waals surface area contributed by atoms with E-state index in [1.54, 1.807) is 18.2 Å². The zero-order valence-electron chi connectivity index (χ0n) is 10.6. The number of carboxylic acid groups (broad SMARTS) is 1. The molecule has 3 rings (SSSR count). The quantitative estimate of drug-likeness (QED) is 0.819. The summed E-state index contributed by atoms with van der Waals surface area (Å²) in [5.41, 5.74) is 0.930. The summed E-state index contributed by atoms with van der Waals surface area (Å²) in [6.07, 6.45) is 5.05. The van der Waals surface area contributed by atoms with Crippen molar-refractivity contribution in [1.29, 1.82) is 0 Å². The lowest BCUT2D eigenvalue weighted by molar-refractivity contribution is -0.143. The molecule has 2 bridgehead atoms. The number of rotatable bonds is 3. The number of benzene rings is 1. The third-order valence-corrected chi connectivity index (χ3v) is 4.33. The van der Waals surface area contributed by atoms with E-state index in [1.807, 2.05) is 6.08 Å². The maximum absolute atomic E-state index is 11.5. The van der Waals surface area contributed by atoms with Crippen LogP contribution in [0.15, 0.2) is 30.4 Å². The van der Waals surface area contributed by atoms with Crippen molar-refractivity contribution < 1.29 is 19.7 Å². The minimum atomic E-state index is -0.742. The average molecular weight is 260 g/mol. The van der Waals surface area contributed by atoms with Crippen LogP contribution in [0.3, 0.4) is 0 Å². The second kappa shape index (κ2) is 4.30. The fourth-order valence-corrected chi connectivity index (χ4v) is 3.51. The van der Waals surface area contributed by atoms with Crippen LogP contribution in [0.2, 0.25) is 0 Å². The number of carbonyl (C=O) groups is 1. The van der Waals surface area contributed by atoms with Gasteiger partial charge in [0.2, 0.25) is 0 Å². The van der Waals surface area contributed by atoms with Gasteiger partial charge in [-0.15, -0.1) is 0 Å². The average Bonchev–Trinajstić information content (AvgIpc) is 2.99. The van der Waals surface area contributed by atoms with Gasteiger partial charge in [-0.3, -0.25) is 4.79 Å². The summed E-state index contributed by atoms with van der Waals surface area (Å²) in [4.78, 5) is 11.5. The predicted molar refractivity (Wildman–Crippen MR) is 69.3 cm³/mol. The van der Waals surface area contributed by atoms with Crippen LogP contribution in [0.1, 0.15) is 17.9 Å². The summed E-state index contributed by atoms with van der Waals surface area (Å²) in [6, 6.07) is 5.13. The molecule has 2 aliphatic rings. The van der Waals surface area contributed by atoms with Gasteiger partial charge >= 0.3 is 5.97 Å². The summed E-state index contributed by atoms with van der Waals surface area (Å²) in [5, 5.41) is 19.1. The highest BCUT2D eigenvalue weighted by atomic mass is 16.5. The fraction of sp³-hybridized carbons (Fsp3) is 0.400. The molecule has 0 aromatic heterocycles. The maximum Gasteiger partial charge on any atom is 0.307 e. The van der Waals surface area contributed by atoms with E-state index in [0.717, 1.165) is 12.0 Å². The summed E-state index contributed by atoms with van der Waals surface area (Å²) in [5.74, 6) is -0.252. The predicted octanol–water partition coefficient (Wildman–Crippen LogP) is 2.39. The van der Waals surface area contributed by atoms with Gasteiger partial charge < -0.3 is 14.9 Å². The number of phenols is 1. The molecule has 0 aliphatic heterocycles. The van der Waals surface area contributed by atoms with Gasteiger partial charge in [-0.1, -0.05) is 18.2 Å². The molecule has 1 aromatic carbocycles. The minimum absolute atomic E-state index is 0.0259. The fourth-order valence-electron chi connectivity index (χ4n) is 3.51. The van der Waals surface area contributed by atoms with Gasteiger partial charge in [-0.2, -0.15) is 0 Å². The Balaban J connectivity index is 2.01. The number of methoxy groups -OCH3 is 1. The molecule has 2 N–H and O–H groups in total. The molecular formula is C15H16O4. The van der Waals surface area contributed by atoms with Gasteiger partial charge in [0.15, 0.2) is 11.5 Å². The molecule has 0 amide bonds. The Morgan fingerprint density at radius 3 is 2.74 bits per heavy atom. The van der Waals surface area contributed by atoms with E-state index in [-0.39, 0.29) is 29.4 Å². The second-order valence-electron chi connectivity index (χ2n) is 5.27. The highest BCUT2D eigenvalue weighted by Gasteiger charge is 2.48. The zero-order valence-corrected chi connectivity index (χ0v) is 10.6. The van der Waals surface area contributed by atoms with E-state index in [4.69, 9.17) is 4.74 Å². The Morgan fingerprint density at radius 1 is 1.32 bits per heavy atom. The molecule has 100 valence electrons. The molecule has 0 heterocycles. The van der Waals surface area contributed by atoms with E-state index < -0.39 is 5.97 Å². The number of aliphatic carboxylic acids is 1. The topological polar surface area (TPSA) is 66.8 Å². The molecule has 19 heavy (non-hydrogen) atoms. The van der Waals surface area contributed by atoms with E-state index in [0.29, 0.717) is 5.75 Å². The van der Waals surface area contributed by atoms with Crippen molar-refractivity contribution in [2.75, 3.05) is 7.11 Å². The lowest BCUT2D eigenvalue weighted by atomic mass is 9.78. The van der Waals surface area contributed by atoms with Crippen molar-refractivity contribution in [2.45, 2.75) is 12.3 Å². The molecule has 0 saturated heterocycles. The van der Waals surface area contributed by atoms with Crippen LogP contribution in [0, 0.1) is 17.8 Å². The van der Waals surface area contributed by atoms with Gasteiger partial charge in [0, 0.05) is 5.92 Å². The van der Waals surface area contributed by atoms with Crippen LogP contribution in [0.5, 0.6) is 11.5 Å². The van der Waals surface area contributed by atoms with Crippen LogP contribution in [-0.4, -0.2) is 23.3 Å². The Morgan fingerprint density at radius 2 is 2.05 bits per heavy atom. The number of carboxylic acids is 1. The molecule has 4 heteroatoms. The van der Waals surface area contributed by atoms with Crippen molar-refractivity contribution in [2.24, 2.45) is 17.8 Å². The Labute approximate surface area is 111 Å². The van der Waals surface area contributed by atoms with E-state index in [9.17, 15) is 15.0 Å². The summed E-state index contributed by atoms with van der Waals surface area (Å²) >= 11 is 0. The first-order valence-corrected chi connectivity index (χ1v) is 6.40. The van der Waals surface area contributed by atoms with Crippen molar-refractivity contribution in [3.63, 3.8) is 0 Å². The molecular weight excluding hydrogens is 244 g/mol. The number of fused-ring (bicyclic) bond motifs is 2. The zero-order chi connectivity index (χ0) is 13.6. The van der Waals surface area contributed by atoms with Gasteiger partial charge in [-0.05, 0) is 36.0 Å². The Bertz CT molecular complexity index is 549. The number of phenolic OH excluding ortho intramolecular Hbond substituents is 1. The number of hydrogen-bond acceptors (Lipinski definition) is 3. The minimum Gasteiger partial charge on any atom is -0.504 e. The normalized spacial score (nSPS) is 31.6. The third-order valence-electron chi connectivity index (χ3n) is 4.33. The first-order chi connectivity index (χ1) is 9.11. The Kier molecular flexibility index (Phi) is 2.73. The lowest BCUT2D eigenvalue weighted by Gasteiger charge is -2.25. The van der Waals surface area contributed by atoms with Crippen molar-refractivity contribution in [3.05, 3.63) is 35.9 Å². The van der Waals surface area contributed by atoms with Gasteiger partial charge in [-0.25, -0.2) is 0 Å². The summed E-state index contributed by atoms with van der Waals surface area (Å²) < 4.78 is 5.11. The monoisotopic (exact) mass is 260 g/mol. The van der Waals surface area contributed by atoms with Gasteiger partial charge in [0.25, 0.3) is 0 Å². The maximum atomic E-state index is 11.5. The SMILES string of the molecule is COc1cc(C2C3C=CC(C3)C2C(=O)O)ccc1O. The first-order valence-electron chi connectivity index (χ1n) is 6.40. The molecule has 1 fully saturated rings. The summed E-state index contributed by atoms with van der Waals surface area (Å²) in [6.45, 7) is 0. The van der Waals surface area contributed by atoms with Crippen LogP contribution >= 0.6 is 0 Å². The van der Waals surface area contributed by atoms with E-state index in [1.165, 1.54) is 7.11 Å². The van der Waals surface area contributed by atoms with Crippen LogP contribution in [-0.2, 0) is 4.79 Å². The largest absolute Gasteiger partial charge is 0.504 e. The van der Waals surface area contributed by atoms with Crippen molar-refractivity contribution >= 4 is 5.97 Å². The number of aromatic hydroxyl groups is 1. The molecule has 4 unspecified atom stereocenters. The molecule has 1 aromatic rings. The van der Waals surface area contributed by atoms with Gasteiger partial charge in [0.05, 0.1) is 13.0 Å². The third kappa shape index (κ3) is 1.79. The highest BCUT2D eigenvalue weighted by molar-refractivity contribution is 5.73. The smallest absolute Gasteiger partial charge is 0.307 e. The molecule has 0 radical (unpaired) electrons. The van der Waals surface area contributed by atoms with Crippen LogP contribution in [0.4, 0.5) is 0 Å². The summed E-state index contributed by atoms with van der Waals surface area (Å²) in [7, 11) is 1.49. The number of ether oxygens (including phenoxy) is 1. The first kappa shape index (κ1) is 12.1. The standard InChI is InChI=1S/C15H16O4/c1-19-12-7-10(4-5-11(12)16)13-8-2-3-9(6-8)14(13)15(17)18/h2-5,7-9,13-14,16H,6H2,1H3,(H,17,18). The van der Waals surface area contributed by atoms with Crippen LogP contribution in [0.25, 0.3) is 0 Å². The second-order valence-corrected chi connectivity index (χ2v) is 5.27. The number of allylic oxidation sites excluding steroid dienone is 2. The molecule has 4 atom stereocenters. The van der Waals surface area contributed by atoms with Crippen molar-refractivity contribution in [1.82, 2.24) is 0 Å². The van der Waals surface area contributed by atoms with Crippen molar-refractivity contribution in [3.8, 4) is 11.5 Å². The van der Waals surface area contributed by atoms with Crippen LogP contribution < -0.4 is 4.74 Å². The van der Waals surface area contributed by atoms with E-state index >= 15 is 0 Å². The Hall–Kier alpha value is -1.97. The van der Waals surface area contributed by atoms with Gasteiger partial charge in [0.1, 0.15) is 0 Å². The molecule has 0 spiro atoms.